The number of likely N-dealkylation sites (N-methyl/N-ethyl adjacent to an activating group) is 1. The summed E-state index contributed by atoms with van der Waals surface area (Å²) in [6, 6.07) is 1.73. The van der Waals surface area contributed by atoms with Gasteiger partial charge in [0.05, 0.1) is 19.3 Å². The van der Waals surface area contributed by atoms with E-state index in [1.807, 2.05) is 0 Å². The summed E-state index contributed by atoms with van der Waals surface area (Å²) in [5, 5.41) is 10.2. The highest BCUT2D eigenvalue weighted by atomic mass is 19.1. The number of hydrogen-bond acceptors (Lipinski definition) is 6. The van der Waals surface area contributed by atoms with Crippen LogP contribution in [0.2, 0.25) is 0 Å². The molecule has 0 amide bonds. The minimum atomic E-state index is -1.28. The average molecular weight is 420 g/mol. The van der Waals surface area contributed by atoms with Gasteiger partial charge in [-0.05, 0) is 26.8 Å². The van der Waals surface area contributed by atoms with E-state index in [0.29, 0.717) is 11.4 Å². The number of fused-ring (bicyclic) bond motifs is 1. The maximum atomic E-state index is 14.7. The first kappa shape index (κ1) is 20.4. The number of hydrogen-bond donors (Lipinski definition) is 2. The Morgan fingerprint density at radius 1 is 1.27 bits per heavy atom. The molecule has 1 fully saturated rings. The van der Waals surface area contributed by atoms with Crippen LogP contribution in [0.5, 0.6) is 5.75 Å². The smallest absolute Gasteiger partial charge is 0.168 e. The van der Waals surface area contributed by atoms with E-state index in [0.717, 1.165) is 24.6 Å². The van der Waals surface area contributed by atoms with Crippen LogP contribution in [0.25, 0.3) is 17.0 Å². The summed E-state index contributed by atoms with van der Waals surface area (Å²) in [6.45, 7) is 1.60. The van der Waals surface area contributed by atoms with Crippen molar-refractivity contribution in [2.75, 3.05) is 26.0 Å². The van der Waals surface area contributed by atoms with Crippen molar-refractivity contribution in [3.8, 4) is 17.1 Å². The number of pyridine rings is 1. The van der Waals surface area contributed by atoms with Crippen molar-refractivity contribution in [2.45, 2.75) is 37.9 Å². The van der Waals surface area contributed by atoms with Gasteiger partial charge in [-0.15, -0.1) is 0 Å². The van der Waals surface area contributed by atoms with E-state index in [1.165, 1.54) is 17.6 Å². The first-order chi connectivity index (χ1) is 14.4. The molecule has 0 aromatic carbocycles. The Morgan fingerprint density at radius 2 is 2.03 bits per heavy atom. The maximum absolute atomic E-state index is 14.7. The topological polar surface area (TPSA) is 76.4 Å². The fourth-order valence-corrected chi connectivity index (χ4v) is 3.35. The van der Waals surface area contributed by atoms with Crippen molar-refractivity contribution in [1.82, 2.24) is 24.9 Å². The third-order valence-electron chi connectivity index (χ3n) is 5.14. The summed E-state index contributed by atoms with van der Waals surface area (Å²) in [6.07, 6.45) is 2.15. The molecule has 1 saturated carbocycles. The van der Waals surface area contributed by atoms with Gasteiger partial charge in [-0.1, -0.05) is 0 Å². The van der Waals surface area contributed by atoms with Gasteiger partial charge in [0.25, 0.3) is 0 Å². The van der Waals surface area contributed by atoms with Crippen LogP contribution in [-0.4, -0.2) is 52.5 Å². The molecule has 1 aliphatic rings. The molecule has 2 N–H and O–H groups in total. The van der Waals surface area contributed by atoms with E-state index in [-0.39, 0.29) is 29.7 Å². The lowest BCUT2D eigenvalue weighted by Crippen LogP contribution is -2.38. The summed E-state index contributed by atoms with van der Waals surface area (Å²) in [7, 11) is 3.22. The Morgan fingerprint density at radius 3 is 2.67 bits per heavy atom. The molecule has 2 unspecified atom stereocenters. The van der Waals surface area contributed by atoms with E-state index < -0.39 is 23.8 Å². The molecule has 10 heteroatoms. The predicted octanol–water partition coefficient (Wildman–Crippen LogP) is 3.31. The van der Waals surface area contributed by atoms with E-state index in [9.17, 15) is 13.2 Å². The molecule has 160 valence electrons. The van der Waals surface area contributed by atoms with Crippen LogP contribution in [0.15, 0.2) is 18.3 Å². The molecule has 2 atom stereocenters. The molecule has 7 nitrogen and oxygen atoms in total. The van der Waals surface area contributed by atoms with Crippen molar-refractivity contribution in [1.29, 1.82) is 0 Å². The average Bonchev–Trinajstić information content (AvgIpc) is 3.48. The maximum Gasteiger partial charge on any atom is 0.168 e. The summed E-state index contributed by atoms with van der Waals surface area (Å²) in [5.74, 6) is -1.08. The van der Waals surface area contributed by atoms with E-state index in [4.69, 9.17) is 4.74 Å². The lowest BCUT2D eigenvalue weighted by Gasteiger charge is -2.21. The second-order valence-corrected chi connectivity index (χ2v) is 7.42. The summed E-state index contributed by atoms with van der Waals surface area (Å²) < 4.78 is 49.8. The Bertz CT molecular complexity index is 1070. The molecule has 0 spiro atoms. The quantitative estimate of drug-likeness (QED) is 0.582. The molecular formula is C20H23F3N6O. The SMILES string of the molecule is CNCC(Nc1nc(-c2cnc3cc(OC)c(C4CC4)nn23)c(F)cc1F)C(C)F. The van der Waals surface area contributed by atoms with Crippen LogP contribution in [-0.2, 0) is 0 Å². The zero-order valence-corrected chi connectivity index (χ0v) is 16.9. The minimum Gasteiger partial charge on any atom is -0.495 e. The monoisotopic (exact) mass is 420 g/mol. The molecule has 0 saturated heterocycles. The van der Waals surface area contributed by atoms with E-state index in [1.54, 1.807) is 20.2 Å². The highest BCUT2D eigenvalue weighted by Gasteiger charge is 2.30. The van der Waals surface area contributed by atoms with Crippen LogP contribution in [0.4, 0.5) is 19.0 Å². The Kier molecular flexibility index (Phi) is 5.50. The van der Waals surface area contributed by atoms with Crippen LogP contribution in [0, 0.1) is 11.6 Å². The number of aromatic nitrogens is 4. The number of methoxy groups -OCH3 is 1. The number of nitrogens with zero attached hydrogens (tertiary/aromatic N) is 4. The number of halogens is 3. The summed E-state index contributed by atoms with van der Waals surface area (Å²) >= 11 is 0. The van der Waals surface area contributed by atoms with Gasteiger partial charge in [-0.3, -0.25) is 0 Å². The minimum absolute atomic E-state index is 0.125. The lowest BCUT2D eigenvalue weighted by atomic mass is 10.2. The van der Waals surface area contributed by atoms with Gasteiger partial charge in [0.1, 0.15) is 29.0 Å². The first-order valence-corrected chi connectivity index (χ1v) is 9.77. The third-order valence-corrected chi connectivity index (χ3v) is 5.14. The number of rotatable bonds is 8. The Hall–Kier alpha value is -2.88. The Balaban J connectivity index is 1.78. The van der Waals surface area contributed by atoms with Crippen molar-refractivity contribution in [2.24, 2.45) is 0 Å². The van der Waals surface area contributed by atoms with Crippen LogP contribution in [0.3, 0.4) is 0 Å². The summed E-state index contributed by atoms with van der Waals surface area (Å²) in [5.41, 5.74) is 1.37. The van der Waals surface area contributed by atoms with Crippen LogP contribution in [0.1, 0.15) is 31.4 Å². The molecule has 3 aromatic rings. The lowest BCUT2D eigenvalue weighted by molar-refractivity contribution is 0.314. The molecule has 30 heavy (non-hydrogen) atoms. The largest absolute Gasteiger partial charge is 0.495 e. The first-order valence-electron chi connectivity index (χ1n) is 9.77. The van der Waals surface area contributed by atoms with Gasteiger partial charge < -0.3 is 15.4 Å². The van der Waals surface area contributed by atoms with Gasteiger partial charge in [-0.2, -0.15) is 5.10 Å². The van der Waals surface area contributed by atoms with Gasteiger partial charge in [0, 0.05) is 24.6 Å². The van der Waals surface area contributed by atoms with Crippen LogP contribution < -0.4 is 15.4 Å². The molecule has 3 aromatic heterocycles. The number of anilines is 1. The second-order valence-electron chi connectivity index (χ2n) is 7.42. The zero-order chi connectivity index (χ0) is 21.4. The normalized spacial score (nSPS) is 15.9. The number of ether oxygens (including phenoxy) is 1. The standard InChI is InChI=1S/C20H23F3N6O/c1-10(21)14(8-24-2)26-20-13(23)6-12(22)19(27-20)15-9-25-17-7-16(30-3)18(11-4-5-11)28-29(15)17/h6-7,9-11,14,24H,4-5,8H2,1-3H3,(H,26,27). The molecular weight excluding hydrogens is 397 g/mol. The van der Waals surface area contributed by atoms with Crippen molar-refractivity contribution < 1.29 is 17.9 Å². The molecule has 0 radical (unpaired) electrons. The van der Waals surface area contributed by atoms with Crippen LogP contribution >= 0.6 is 0 Å². The number of alkyl halides is 1. The van der Waals surface area contributed by atoms with Gasteiger partial charge in [0.2, 0.25) is 0 Å². The molecule has 0 aliphatic heterocycles. The second kappa shape index (κ2) is 8.10. The molecule has 4 rings (SSSR count). The highest BCUT2D eigenvalue weighted by molar-refractivity contribution is 5.63. The number of nitrogens with one attached hydrogen (secondary N) is 2. The zero-order valence-electron chi connectivity index (χ0n) is 16.9. The predicted molar refractivity (Wildman–Crippen MR) is 107 cm³/mol. The highest BCUT2D eigenvalue weighted by Crippen LogP contribution is 2.43. The van der Waals surface area contributed by atoms with Gasteiger partial charge in [-0.25, -0.2) is 27.7 Å². The van der Waals surface area contributed by atoms with Crippen molar-refractivity contribution in [3.05, 3.63) is 35.7 Å². The summed E-state index contributed by atoms with van der Waals surface area (Å²) in [4.78, 5) is 8.38. The molecule has 3 heterocycles. The van der Waals surface area contributed by atoms with E-state index >= 15 is 0 Å². The Labute approximate surface area is 171 Å². The van der Waals surface area contributed by atoms with E-state index in [2.05, 4.69) is 25.7 Å². The van der Waals surface area contributed by atoms with Gasteiger partial charge >= 0.3 is 0 Å². The molecule has 1 aliphatic carbocycles. The van der Waals surface area contributed by atoms with Crippen molar-refractivity contribution >= 4 is 11.5 Å². The van der Waals surface area contributed by atoms with Crippen molar-refractivity contribution in [3.63, 3.8) is 0 Å². The molecule has 0 bridgehead atoms. The third kappa shape index (κ3) is 3.79. The number of imidazole rings is 1. The van der Waals surface area contributed by atoms with Gasteiger partial charge in [0.15, 0.2) is 23.1 Å². The fraction of sp³-hybridized carbons (Fsp3) is 0.450. The fourth-order valence-electron chi connectivity index (χ4n) is 3.35.